The van der Waals surface area contributed by atoms with Crippen LogP contribution in [0.5, 0.6) is 0 Å². The third-order valence-electron chi connectivity index (χ3n) is 4.89. The highest BCUT2D eigenvalue weighted by Gasteiger charge is 2.16. The second-order valence-corrected chi connectivity index (χ2v) is 6.74. The molecule has 0 bridgehead atoms. The number of rotatable bonds is 4. The summed E-state index contributed by atoms with van der Waals surface area (Å²) in [7, 11) is 2.12. The summed E-state index contributed by atoms with van der Waals surface area (Å²) in [5.74, 6) is 0.254. The van der Waals surface area contributed by atoms with Crippen LogP contribution in [0.2, 0.25) is 0 Å². The van der Waals surface area contributed by atoms with Gasteiger partial charge in [0.05, 0.1) is 0 Å². The van der Waals surface area contributed by atoms with Gasteiger partial charge in [0.25, 0.3) is 0 Å². The third-order valence-corrected chi connectivity index (χ3v) is 4.89. The summed E-state index contributed by atoms with van der Waals surface area (Å²) in [6.45, 7) is 0. The van der Waals surface area contributed by atoms with E-state index in [1.54, 1.807) is 0 Å². The summed E-state index contributed by atoms with van der Waals surface area (Å²) in [6.07, 6.45) is 0. The molecule has 124 valence electrons. The SMILES string of the molecule is Bc1ccc(-c2ccc(C(c3ccccc3)c3ccccc3)cc2)cc1. The molecule has 4 aromatic rings. The van der Waals surface area contributed by atoms with Gasteiger partial charge in [-0.05, 0) is 27.8 Å². The van der Waals surface area contributed by atoms with E-state index in [4.69, 9.17) is 0 Å². The molecule has 0 spiro atoms. The lowest BCUT2D eigenvalue weighted by atomic mass is 9.84. The Labute approximate surface area is 156 Å². The van der Waals surface area contributed by atoms with Gasteiger partial charge in [0.1, 0.15) is 7.85 Å². The second-order valence-electron chi connectivity index (χ2n) is 6.74. The van der Waals surface area contributed by atoms with Crippen LogP contribution in [-0.2, 0) is 0 Å². The molecule has 0 heterocycles. The zero-order chi connectivity index (χ0) is 17.8. The summed E-state index contributed by atoms with van der Waals surface area (Å²) in [5, 5.41) is 0. The van der Waals surface area contributed by atoms with Gasteiger partial charge in [-0.3, -0.25) is 0 Å². The van der Waals surface area contributed by atoms with Gasteiger partial charge < -0.3 is 0 Å². The van der Waals surface area contributed by atoms with Crippen LogP contribution in [-0.4, -0.2) is 7.85 Å². The van der Waals surface area contributed by atoms with E-state index in [0.717, 1.165) is 0 Å². The molecule has 0 atom stereocenters. The van der Waals surface area contributed by atoms with Crippen molar-refractivity contribution < 1.29 is 0 Å². The van der Waals surface area contributed by atoms with Crippen molar-refractivity contribution in [2.24, 2.45) is 0 Å². The van der Waals surface area contributed by atoms with Gasteiger partial charge in [0, 0.05) is 5.92 Å². The lowest BCUT2D eigenvalue weighted by Crippen LogP contribution is -2.03. The molecule has 0 amide bonds. The normalized spacial score (nSPS) is 10.8. The molecule has 0 nitrogen and oxygen atoms in total. The van der Waals surface area contributed by atoms with Crippen molar-refractivity contribution in [1.29, 1.82) is 0 Å². The minimum atomic E-state index is 0.254. The van der Waals surface area contributed by atoms with E-state index in [9.17, 15) is 0 Å². The number of hydrogen-bond donors (Lipinski definition) is 0. The Bertz CT molecular complexity index is 917. The summed E-state index contributed by atoms with van der Waals surface area (Å²) in [5.41, 5.74) is 7.77. The van der Waals surface area contributed by atoms with E-state index in [1.165, 1.54) is 33.3 Å². The van der Waals surface area contributed by atoms with Gasteiger partial charge >= 0.3 is 0 Å². The maximum absolute atomic E-state index is 2.26. The van der Waals surface area contributed by atoms with Crippen molar-refractivity contribution in [3.8, 4) is 11.1 Å². The van der Waals surface area contributed by atoms with Gasteiger partial charge in [-0.25, -0.2) is 0 Å². The average molecular weight is 332 g/mol. The lowest BCUT2D eigenvalue weighted by Gasteiger charge is -2.19. The van der Waals surface area contributed by atoms with E-state index in [2.05, 4.69) is 117 Å². The minimum Gasteiger partial charge on any atom is -0.0889 e. The van der Waals surface area contributed by atoms with Crippen LogP contribution in [0.3, 0.4) is 0 Å². The highest BCUT2D eigenvalue weighted by Crippen LogP contribution is 2.32. The predicted octanol–water partition coefficient (Wildman–Crippen LogP) is 4.79. The Balaban J connectivity index is 1.73. The molecule has 0 aliphatic carbocycles. The lowest BCUT2D eigenvalue weighted by molar-refractivity contribution is 0.978. The molecule has 0 unspecified atom stereocenters. The Kier molecular flexibility index (Phi) is 4.70. The van der Waals surface area contributed by atoms with Gasteiger partial charge in [-0.15, -0.1) is 0 Å². The summed E-state index contributed by atoms with van der Waals surface area (Å²) in [6, 6.07) is 39.2. The quantitative estimate of drug-likeness (QED) is 0.372. The molecule has 0 saturated carbocycles. The summed E-state index contributed by atoms with van der Waals surface area (Å²) < 4.78 is 0. The molecule has 4 rings (SSSR count). The van der Waals surface area contributed by atoms with Crippen LogP contribution in [0.15, 0.2) is 109 Å². The van der Waals surface area contributed by atoms with Crippen LogP contribution in [0.4, 0.5) is 0 Å². The van der Waals surface area contributed by atoms with Crippen molar-refractivity contribution in [2.45, 2.75) is 5.92 Å². The van der Waals surface area contributed by atoms with Crippen LogP contribution in [0.1, 0.15) is 22.6 Å². The van der Waals surface area contributed by atoms with Crippen LogP contribution >= 0.6 is 0 Å². The summed E-state index contributed by atoms with van der Waals surface area (Å²) in [4.78, 5) is 0. The highest BCUT2D eigenvalue weighted by molar-refractivity contribution is 6.32. The fraction of sp³-hybridized carbons (Fsp3) is 0.0400. The Morgan fingerprint density at radius 3 is 1.27 bits per heavy atom. The molecule has 1 heteroatoms. The van der Waals surface area contributed by atoms with E-state index in [0.29, 0.717) is 0 Å². The molecule has 0 fully saturated rings. The molecule has 0 aliphatic heterocycles. The van der Waals surface area contributed by atoms with E-state index in [1.807, 2.05) is 0 Å². The minimum absolute atomic E-state index is 0.254. The molecule has 0 aliphatic rings. The first-order valence-corrected chi connectivity index (χ1v) is 9.08. The Hall–Kier alpha value is -3.06. The monoisotopic (exact) mass is 332 g/mol. The van der Waals surface area contributed by atoms with E-state index >= 15 is 0 Å². The molecule has 26 heavy (non-hydrogen) atoms. The Morgan fingerprint density at radius 1 is 0.423 bits per heavy atom. The number of benzene rings is 4. The van der Waals surface area contributed by atoms with Crippen molar-refractivity contribution in [1.82, 2.24) is 0 Å². The third kappa shape index (κ3) is 3.48. The van der Waals surface area contributed by atoms with Gasteiger partial charge in [-0.2, -0.15) is 0 Å². The average Bonchev–Trinajstić information content (AvgIpc) is 2.71. The van der Waals surface area contributed by atoms with Crippen LogP contribution in [0.25, 0.3) is 11.1 Å². The topological polar surface area (TPSA) is 0 Å². The van der Waals surface area contributed by atoms with Gasteiger partial charge in [-0.1, -0.05) is 115 Å². The predicted molar refractivity (Wildman–Crippen MR) is 114 cm³/mol. The first-order chi connectivity index (χ1) is 12.8. The van der Waals surface area contributed by atoms with E-state index < -0.39 is 0 Å². The molecular weight excluding hydrogens is 311 g/mol. The summed E-state index contributed by atoms with van der Waals surface area (Å²) >= 11 is 0. The first kappa shape index (κ1) is 16.4. The maximum Gasteiger partial charge on any atom is 0.139 e. The molecule has 4 aromatic carbocycles. The van der Waals surface area contributed by atoms with E-state index in [-0.39, 0.29) is 5.92 Å². The molecule has 0 N–H and O–H groups in total. The standard InChI is InChI=1S/C25H21B/c26-24-17-15-20(16-18-24)19-11-13-23(14-12-19)25(21-7-3-1-4-8-21)22-9-5-2-6-10-22/h1-18,25H,26H2. The van der Waals surface area contributed by atoms with Crippen molar-refractivity contribution in [2.75, 3.05) is 0 Å². The largest absolute Gasteiger partial charge is 0.139 e. The second kappa shape index (κ2) is 7.45. The van der Waals surface area contributed by atoms with Crippen molar-refractivity contribution in [3.63, 3.8) is 0 Å². The number of hydrogen-bond acceptors (Lipinski definition) is 0. The zero-order valence-corrected chi connectivity index (χ0v) is 15.0. The molecule has 0 aromatic heterocycles. The molecular formula is C25H21B. The zero-order valence-electron chi connectivity index (χ0n) is 15.0. The smallest absolute Gasteiger partial charge is 0.0889 e. The van der Waals surface area contributed by atoms with Crippen molar-refractivity contribution in [3.05, 3.63) is 126 Å². The van der Waals surface area contributed by atoms with Crippen LogP contribution in [0, 0.1) is 0 Å². The fourth-order valence-electron chi connectivity index (χ4n) is 3.48. The fourth-order valence-corrected chi connectivity index (χ4v) is 3.48. The van der Waals surface area contributed by atoms with Crippen LogP contribution < -0.4 is 5.46 Å². The first-order valence-electron chi connectivity index (χ1n) is 9.08. The maximum atomic E-state index is 2.26. The van der Waals surface area contributed by atoms with Crippen molar-refractivity contribution >= 4 is 13.3 Å². The highest BCUT2D eigenvalue weighted by atomic mass is 14.2. The molecule has 0 saturated heterocycles. The molecule has 0 radical (unpaired) electrons. The van der Waals surface area contributed by atoms with Gasteiger partial charge in [0.15, 0.2) is 0 Å². The Morgan fingerprint density at radius 2 is 0.808 bits per heavy atom. The van der Waals surface area contributed by atoms with Gasteiger partial charge in [0.2, 0.25) is 0 Å².